The topological polar surface area (TPSA) is 79.0 Å². The molecule has 2 N–H and O–H groups in total. The third kappa shape index (κ3) is 4.59. The molecule has 0 saturated heterocycles. The number of aromatic hydroxyl groups is 1. The molecule has 1 heterocycles. The van der Waals surface area contributed by atoms with E-state index in [2.05, 4.69) is 38.4 Å². The van der Waals surface area contributed by atoms with E-state index in [0.29, 0.717) is 12.2 Å². The molecule has 7 heteroatoms. The summed E-state index contributed by atoms with van der Waals surface area (Å²) in [5.41, 5.74) is 3.14. The van der Waals surface area contributed by atoms with E-state index in [4.69, 9.17) is 0 Å². The standard InChI is InChI=1S/C21H23BrN4O2/c1-3-4-10-26-18-9-8-15(22)12-17(18)20(21(26)28)25-24-19(27)13-23-16-7-5-6-14(2)11-16/h5-9,11-12,23,28H,3-4,10,13H2,1-2H3. The number of amides is 1. The molecular weight excluding hydrogens is 420 g/mol. The number of fused-ring (bicyclic) bond motifs is 1. The van der Waals surface area contributed by atoms with E-state index in [1.54, 1.807) is 0 Å². The summed E-state index contributed by atoms with van der Waals surface area (Å²) < 4.78 is 2.69. The first-order valence-electron chi connectivity index (χ1n) is 9.25. The minimum absolute atomic E-state index is 0.0322. The number of nitrogens with zero attached hydrogens (tertiary/aromatic N) is 3. The Hall–Kier alpha value is -2.67. The Bertz CT molecular complexity index is 1030. The van der Waals surface area contributed by atoms with Gasteiger partial charge in [-0.2, -0.15) is 0 Å². The summed E-state index contributed by atoms with van der Waals surface area (Å²) in [6.45, 7) is 4.80. The zero-order chi connectivity index (χ0) is 20.1. The van der Waals surface area contributed by atoms with E-state index in [-0.39, 0.29) is 12.4 Å². The first-order chi connectivity index (χ1) is 13.5. The van der Waals surface area contributed by atoms with Gasteiger partial charge in [-0.15, -0.1) is 10.2 Å². The highest BCUT2D eigenvalue weighted by molar-refractivity contribution is 9.10. The van der Waals surface area contributed by atoms with Crippen molar-refractivity contribution in [1.82, 2.24) is 4.57 Å². The van der Waals surface area contributed by atoms with Gasteiger partial charge in [0.05, 0.1) is 12.1 Å². The number of rotatable bonds is 7. The molecule has 0 saturated carbocycles. The summed E-state index contributed by atoms with van der Waals surface area (Å²) in [5.74, 6) is -0.380. The van der Waals surface area contributed by atoms with E-state index in [9.17, 15) is 9.90 Å². The molecule has 0 aliphatic carbocycles. The van der Waals surface area contributed by atoms with Gasteiger partial charge in [0.25, 0.3) is 5.91 Å². The number of benzene rings is 2. The molecule has 3 rings (SSSR count). The summed E-state index contributed by atoms with van der Waals surface area (Å²) in [6.07, 6.45) is 1.94. The van der Waals surface area contributed by atoms with Crippen molar-refractivity contribution in [2.75, 3.05) is 11.9 Å². The first kappa shape index (κ1) is 20.1. The van der Waals surface area contributed by atoms with Crippen LogP contribution in [0, 0.1) is 6.92 Å². The number of carbonyl (C=O) groups excluding carboxylic acids is 1. The number of aromatic nitrogens is 1. The highest BCUT2D eigenvalue weighted by Crippen LogP contribution is 2.40. The van der Waals surface area contributed by atoms with Gasteiger partial charge in [-0.05, 0) is 49.2 Å². The van der Waals surface area contributed by atoms with Crippen LogP contribution in [-0.2, 0) is 11.3 Å². The number of nitrogens with one attached hydrogen (secondary N) is 1. The first-order valence-corrected chi connectivity index (χ1v) is 10.0. The third-order valence-corrected chi connectivity index (χ3v) is 4.92. The molecule has 0 atom stereocenters. The molecule has 0 aliphatic rings. The van der Waals surface area contributed by atoms with E-state index in [0.717, 1.165) is 39.5 Å². The van der Waals surface area contributed by atoms with Gasteiger partial charge in [0, 0.05) is 22.1 Å². The predicted molar refractivity (Wildman–Crippen MR) is 115 cm³/mol. The van der Waals surface area contributed by atoms with Crippen molar-refractivity contribution in [2.45, 2.75) is 33.2 Å². The second kappa shape index (κ2) is 9.01. The molecule has 0 radical (unpaired) electrons. The number of hydrogen-bond donors (Lipinski definition) is 2. The van der Waals surface area contributed by atoms with Gasteiger partial charge >= 0.3 is 0 Å². The van der Waals surface area contributed by atoms with Gasteiger partial charge in [-0.25, -0.2) is 0 Å². The second-order valence-corrected chi connectivity index (χ2v) is 7.57. The van der Waals surface area contributed by atoms with E-state index in [1.165, 1.54) is 0 Å². The zero-order valence-corrected chi connectivity index (χ0v) is 17.5. The number of aryl methyl sites for hydroxylation is 2. The quantitative estimate of drug-likeness (QED) is 0.444. The van der Waals surface area contributed by atoms with Crippen LogP contribution in [0.5, 0.6) is 5.88 Å². The minimum atomic E-state index is -0.412. The molecule has 1 amide bonds. The molecule has 146 valence electrons. The van der Waals surface area contributed by atoms with Crippen LogP contribution in [0.3, 0.4) is 0 Å². The number of unbranched alkanes of at least 4 members (excludes halogenated alkanes) is 1. The molecular formula is C21H23BrN4O2. The highest BCUT2D eigenvalue weighted by Gasteiger charge is 2.17. The molecule has 1 aromatic heterocycles. The Morgan fingerprint density at radius 2 is 2.07 bits per heavy atom. The van der Waals surface area contributed by atoms with Crippen molar-refractivity contribution in [1.29, 1.82) is 0 Å². The molecule has 2 aromatic carbocycles. The average Bonchev–Trinajstić information content (AvgIpc) is 2.93. The van der Waals surface area contributed by atoms with E-state index in [1.807, 2.05) is 54.0 Å². The van der Waals surface area contributed by atoms with Gasteiger partial charge in [-0.3, -0.25) is 4.79 Å². The zero-order valence-electron chi connectivity index (χ0n) is 15.9. The van der Waals surface area contributed by atoms with Gasteiger partial charge < -0.3 is 15.0 Å². The van der Waals surface area contributed by atoms with Crippen molar-refractivity contribution in [3.63, 3.8) is 0 Å². The average molecular weight is 443 g/mol. The molecule has 28 heavy (non-hydrogen) atoms. The maximum Gasteiger partial charge on any atom is 0.283 e. The van der Waals surface area contributed by atoms with Crippen LogP contribution in [0.15, 0.2) is 57.2 Å². The lowest BCUT2D eigenvalue weighted by Gasteiger charge is -2.05. The Morgan fingerprint density at radius 1 is 1.25 bits per heavy atom. The Labute approximate surface area is 172 Å². The van der Waals surface area contributed by atoms with Crippen LogP contribution in [0.4, 0.5) is 11.4 Å². The number of anilines is 1. The highest BCUT2D eigenvalue weighted by atomic mass is 79.9. The largest absolute Gasteiger partial charge is 0.493 e. The molecule has 3 aromatic rings. The maximum atomic E-state index is 12.1. The van der Waals surface area contributed by atoms with E-state index >= 15 is 0 Å². The number of carbonyl (C=O) groups is 1. The summed E-state index contributed by atoms with van der Waals surface area (Å²) in [6, 6.07) is 13.5. The van der Waals surface area contributed by atoms with Gasteiger partial charge in [0.2, 0.25) is 5.88 Å². The second-order valence-electron chi connectivity index (χ2n) is 6.66. The van der Waals surface area contributed by atoms with Crippen molar-refractivity contribution >= 4 is 44.1 Å². The summed E-state index contributed by atoms with van der Waals surface area (Å²) >= 11 is 3.45. The Balaban J connectivity index is 1.81. The van der Waals surface area contributed by atoms with Crippen LogP contribution in [0.25, 0.3) is 10.9 Å². The fraction of sp³-hybridized carbons (Fsp3) is 0.286. The summed E-state index contributed by atoms with van der Waals surface area (Å²) in [7, 11) is 0. The molecule has 0 aliphatic heterocycles. The van der Waals surface area contributed by atoms with Crippen LogP contribution in [0.1, 0.15) is 25.3 Å². The van der Waals surface area contributed by atoms with Crippen LogP contribution < -0.4 is 5.32 Å². The molecule has 6 nitrogen and oxygen atoms in total. The van der Waals surface area contributed by atoms with Crippen LogP contribution in [-0.4, -0.2) is 22.1 Å². The third-order valence-electron chi connectivity index (χ3n) is 4.43. The Morgan fingerprint density at radius 3 is 2.82 bits per heavy atom. The lowest BCUT2D eigenvalue weighted by atomic mass is 10.2. The normalized spacial score (nSPS) is 11.4. The van der Waals surface area contributed by atoms with Crippen molar-refractivity contribution in [2.24, 2.45) is 10.2 Å². The Kier molecular flexibility index (Phi) is 6.46. The monoisotopic (exact) mass is 442 g/mol. The molecule has 0 unspecified atom stereocenters. The lowest BCUT2D eigenvalue weighted by molar-refractivity contribution is -0.116. The summed E-state index contributed by atoms with van der Waals surface area (Å²) in [4.78, 5) is 12.1. The number of hydrogen-bond acceptors (Lipinski definition) is 4. The molecule has 0 bridgehead atoms. The van der Waals surface area contributed by atoms with E-state index < -0.39 is 5.91 Å². The maximum absolute atomic E-state index is 12.1. The van der Waals surface area contributed by atoms with Crippen molar-refractivity contribution < 1.29 is 9.90 Å². The lowest BCUT2D eigenvalue weighted by Crippen LogP contribution is -2.10. The fourth-order valence-corrected chi connectivity index (χ4v) is 3.37. The van der Waals surface area contributed by atoms with Crippen LogP contribution in [0.2, 0.25) is 0 Å². The molecule has 0 spiro atoms. The van der Waals surface area contributed by atoms with Gasteiger partial charge in [0.1, 0.15) is 0 Å². The minimum Gasteiger partial charge on any atom is -0.493 e. The van der Waals surface area contributed by atoms with Gasteiger partial charge in [0.15, 0.2) is 5.69 Å². The van der Waals surface area contributed by atoms with Crippen molar-refractivity contribution in [3.05, 3.63) is 52.5 Å². The van der Waals surface area contributed by atoms with Crippen LogP contribution >= 0.6 is 15.9 Å². The fourth-order valence-electron chi connectivity index (χ4n) is 3.01. The SMILES string of the molecule is CCCCn1c(O)c(N=NC(=O)CNc2cccc(C)c2)c2cc(Br)ccc21. The smallest absolute Gasteiger partial charge is 0.283 e. The summed E-state index contributed by atoms with van der Waals surface area (Å²) in [5, 5.41) is 22.3. The number of azo groups is 1. The van der Waals surface area contributed by atoms with Gasteiger partial charge in [-0.1, -0.05) is 41.4 Å². The van der Waals surface area contributed by atoms with Crippen molar-refractivity contribution in [3.8, 4) is 5.88 Å². The predicted octanol–water partition coefficient (Wildman–Crippen LogP) is 5.94. The molecule has 0 fully saturated rings. The number of halogens is 1.